The fourth-order valence-corrected chi connectivity index (χ4v) is 2.35. The predicted octanol–water partition coefficient (Wildman–Crippen LogP) is 3.03. The quantitative estimate of drug-likeness (QED) is 0.921. The molecule has 0 aliphatic carbocycles. The molecule has 1 aromatic rings. The van der Waals surface area contributed by atoms with Crippen molar-refractivity contribution in [2.45, 2.75) is 19.4 Å². The summed E-state index contributed by atoms with van der Waals surface area (Å²) in [5.41, 5.74) is 0.905. The van der Waals surface area contributed by atoms with Crippen LogP contribution in [-0.2, 0) is 6.42 Å². The van der Waals surface area contributed by atoms with Crippen LogP contribution in [0.2, 0.25) is 5.02 Å². The Kier molecular flexibility index (Phi) is 4.23. The first kappa shape index (κ1) is 11.8. The maximum atomic E-state index is 9.29. The lowest BCUT2D eigenvalue weighted by atomic mass is 10.1. The smallest absolute Gasteiger partial charge is 0.136 e. The summed E-state index contributed by atoms with van der Waals surface area (Å²) in [5, 5.41) is 9.93. The van der Waals surface area contributed by atoms with Crippen molar-refractivity contribution in [3.05, 3.63) is 27.2 Å². The molecule has 1 atom stereocenters. The average molecular weight is 280 g/mol. The van der Waals surface area contributed by atoms with Crippen molar-refractivity contribution >= 4 is 27.5 Å². The van der Waals surface area contributed by atoms with Gasteiger partial charge in [-0.3, -0.25) is 0 Å². The second kappa shape index (κ2) is 5.01. The summed E-state index contributed by atoms with van der Waals surface area (Å²) in [4.78, 5) is 0. The molecule has 0 aliphatic rings. The number of rotatable bonds is 3. The molecule has 1 rings (SSSR count). The van der Waals surface area contributed by atoms with Crippen LogP contribution in [-0.4, -0.2) is 18.3 Å². The molecule has 2 nitrogen and oxygen atoms in total. The number of hydrogen-bond acceptors (Lipinski definition) is 2. The fraction of sp³-hybridized carbons (Fsp3) is 0.400. The van der Waals surface area contributed by atoms with E-state index in [0.29, 0.717) is 11.4 Å². The highest BCUT2D eigenvalue weighted by Gasteiger charge is 2.11. The second-order valence-corrected chi connectivity index (χ2v) is 4.42. The maximum absolute atomic E-state index is 9.29. The molecule has 0 spiro atoms. The van der Waals surface area contributed by atoms with E-state index in [-0.39, 0.29) is 0 Å². The van der Waals surface area contributed by atoms with Crippen molar-refractivity contribution in [3.8, 4) is 5.75 Å². The van der Waals surface area contributed by atoms with Gasteiger partial charge in [0.15, 0.2) is 0 Å². The molecule has 14 heavy (non-hydrogen) atoms. The number of benzene rings is 1. The average Bonchev–Trinajstić information content (AvgIpc) is 2.01. The van der Waals surface area contributed by atoms with E-state index in [1.54, 1.807) is 26.2 Å². The number of aliphatic hydroxyl groups excluding tert-OH is 1. The monoisotopic (exact) mass is 278 g/mol. The molecule has 0 bridgehead atoms. The van der Waals surface area contributed by atoms with Crippen LogP contribution < -0.4 is 4.74 Å². The number of ether oxygens (including phenoxy) is 1. The molecule has 0 saturated carbocycles. The number of hydrogen-bond donors (Lipinski definition) is 1. The number of methoxy groups -OCH3 is 1. The van der Waals surface area contributed by atoms with E-state index in [1.807, 2.05) is 0 Å². The van der Waals surface area contributed by atoms with Gasteiger partial charge in [-0.1, -0.05) is 11.6 Å². The van der Waals surface area contributed by atoms with E-state index >= 15 is 0 Å². The van der Waals surface area contributed by atoms with E-state index in [1.165, 1.54) is 0 Å². The molecular weight excluding hydrogens is 267 g/mol. The summed E-state index contributed by atoms with van der Waals surface area (Å²) in [6.07, 6.45) is 0.122. The van der Waals surface area contributed by atoms with E-state index < -0.39 is 6.10 Å². The number of halogens is 2. The van der Waals surface area contributed by atoms with E-state index in [2.05, 4.69) is 15.9 Å². The molecule has 0 aliphatic heterocycles. The summed E-state index contributed by atoms with van der Waals surface area (Å²) in [6, 6.07) is 3.57. The largest absolute Gasteiger partial charge is 0.495 e. The minimum absolute atomic E-state index is 0.408. The van der Waals surface area contributed by atoms with Gasteiger partial charge in [0.25, 0.3) is 0 Å². The Bertz CT molecular complexity index is 326. The van der Waals surface area contributed by atoms with Gasteiger partial charge < -0.3 is 9.84 Å². The van der Waals surface area contributed by atoms with E-state index in [9.17, 15) is 5.11 Å². The second-order valence-electron chi connectivity index (χ2n) is 3.13. The van der Waals surface area contributed by atoms with Crippen molar-refractivity contribution in [2.75, 3.05) is 7.11 Å². The van der Waals surface area contributed by atoms with E-state index in [4.69, 9.17) is 16.3 Å². The standard InChI is InChI=1S/C10H12BrClO2/c1-6(13)3-7-4-8(12)5-9(11)10(7)14-2/h4-6,13H,3H2,1-2H3. The lowest BCUT2D eigenvalue weighted by Gasteiger charge is -2.12. The summed E-state index contributed by atoms with van der Waals surface area (Å²) in [5.74, 6) is 0.732. The molecule has 0 radical (unpaired) electrons. The zero-order valence-corrected chi connectivity index (χ0v) is 10.4. The first-order valence-electron chi connectivity index (χ1n) is 4.24. The highest BCUT2D eigenvalue weighted by Crippen LogP contribution is 2.33. The van der Waals surface area contributed by atoms with Gasteiger partial charge in [-0.25, -0.2) is 0 Å². The summed E-state index contributed by atoms with van der Waals surface area (Å²) >= 11 is 9.25. The van der Waals surface area contributed by atoms with Crippen LogP contribution in [0.4, 0.5) is 0 Å². The molecule has 0 amide bonds. The SMILES string of the molecule is COc1c(Br)cc(Cl)cc1CC(C)O. The van der Waals surface area contributed by atoms with Crippen LogP contribution in [0, 0.1) is 0 Å². The Morgan fingerprint density at radius 2 is 2.21 bits per heavy atom. The lowest BCUT2D eigenvalue weighted by molar-refractivity contribution is 0.194. The van der Waals surface area contributed by atoms with Gasteiger partial charge in [0.2, 0.25) is 0 Å². The van der Waals surface area contributed by atoms with Crippen LogP contribution in [0.5, 0.6) is 5.75 Å². The zero-order valence-electron chi connectivity index (χ0n) is 8.05. The first-order chi connectivity index (χ1) is 6.54. The third-order valence-electron chi connectivity index (χ3n) is 1.80. The van der Waals surface area contributed by atoms with Gasteiger partial charge in [0.1, 0.15) is 5.75 Å². The third kappa shape index (κ3) is 2.87. The molecular formula is C10H12BrClO2. The van der Waals surface area contributed by atoms with Crippen molar-refractivity contribution < 1.29 is 9.84 Å². The summed E-state index contributed by atoms with van der Waals surface area (Å²) < 4.78 is 6.02. The van der Waals surface area contributed by atoms with Crippen LogP contribution in [0.1, 0.15) is 12.5 Å². The number of aliphatic hydroxyl groups is 1. The molecule has 0 heterocycles. The summed E-state index contributed by atoms with van der Waals surface area (Å²) in [6.45, 7) is 1.73. The van der Waals surface area contributed by atoms with Crippen LogP contribution in [0.25, 0.3) is 0 Å². The van der Waals surface area contributed by atoms with Gasteiger partial charge in [-0.05, 0) is 40.5 Å². The fourth-order valence-electron chi connectivity index (χ4n) is 1.31. The zero-order chi connectivity index (χ0) is 10.7. The highest BCUT2D eigenvalue weighted by atomic mass is 79.9. The van der Waals surface area contributed by atoms with Crippen molar-refractivity contribution in [1.82, 2.24) is 0 Å². The molecule has 1 unspecified atom stereocenters. The van der Waals surface area contributed by atoms with Crippen molar-refractivity contribution in [2.24, 2.45) is 0 Å². The first-order valence-corrected chi connectivity index (χ1v) is 5.41. The molecule has 0 aromatic heterocycles. The Morgan fingerprint density at radius 1 is 1.57 bits per heavy atom. The molecule has 4 heteroatoms. The van der Waals surface area contributed by atoms with Gasteiger partial charge in [0.05, 0.1) is 17.7 Å². The van der Waals surface area contributed by atoms with Gasteiger partial charge >= 0.3 is 0 Å². The van der Waals surface area contributed by atoms with Gasteiger partial charge in [-0.2, -0.15) is 0 Å². The Labute approximate surface area is 97.0 Å². The molecule has 0 saturated heterocycles. The van der Waals surface area contributed by atoms with Gasteiger partial charge in [0, 0.05) is 11.4 Å². The highest BCUT2D eigenvalue weighted by molar-refractivity contribution is 9.10. The van der Waals surface area contributed by atoms with Crippen LogP contribution in [0.15, 0.2) is 16.6 Å². The minimum atomic E-state index is -0.408. The lowest BCUT2D eigenvalue weighted by Crippen LogP contribution is -2.06. The minimum Gasteiger partial charge on any atom is -0.495 e. The van der Waals surface area contributed by atoms with Crippen LogP contribution >= 0.6 is 27.5 Å². The predicted molar refractivity (Wildman–Crippen MR) is 61.1 cm³/mol. The molecule has 78 valence electrons. The van der Waals surface area contributed by atoms with Crippen molar-refractivity contribution in [3.63, 3.8) is 0 Å². The normalized spacial score (nSPS) is 12.6. The molecule has 1 N–H and O–H groups in total. The Morgan fingerprint density at radius 3 is 2.71 bits per heavy atom. The topological polar surface area (TPSA) is 29.5 Å². The van der Waals surface area contributed by atoms with Crippen molar-refractivity contribution in [1.29, 1.82) is 0 Å². The van der Waals surface area contributed by atoms with Gasteiger partial charge in [-0.15, -0.1) is 0 Å². The van der Waals surface area contributed by atoms with Crippen LogP contribution in [0.3, 0.4) is 0 Å². The summed E-state index contributed by atoms with van der Waals surface area (Å²) in [7, 11) is 1.60. The maximum Gasteiger partial charge on any atom is 0.136 e. The Balaban J connectivity index is 3.11. The molecule has 1 aromatic carbocycles. The third-order valence-corrected chi connectivity index (χ3v) is 2.61. The molecule has 0 fully saturated rings. The Hall–Kier alpha value is -0.250. The van der Waals surface area contributed by atoms with E-state index in [0.717, 1.165) is 15.8 Å².